The van der Waals surface area contributed by atoms with Gasteiger partial charge in [-0.1, -0.05) is 27.7 Å². The molecule has 0 fully saturated rings. The molecular formula is C10H19N. The van der Waals surface area contributed by atoms with Crippen LogP contribution < -0.4 is 5.32 Å². The molecular weight excluding hydrogens is 134 g/mol. The average Bonchev–Trinajstić information content (AvgIpc) is 1.86. The number of nitrogens with one attached hydrogen (secondary N) is 1. The van der Waals surface area contributed by atoms with E-state index in [9.17, 15) is 0 Å². The summed E-state index contributed by atoms with van der Waals surface area (Å²) in [5.41, 5.74) is 0. The zero-order valence-corrected chi connectivity index (χ0v) is 8.02. The van der Waals surface area contributed by atoms with Crippen LogP contribution in [0.15, 0.2) is 0 Å². The molecule has 0 saturated heterocycles. The molecule has 0 aliphatic carbocycles. The zero-order valence-electron chi connectivity index (χ0n) is 8.02. The molecule has 64 valence electrons. The van der Waals surface area contributed by atoms with Gasteiger partial charge in [0.05, 0.1) is 0 Å². The summed E-state index contributed by atoms with van der Waals surface area (Å²) in [5, 5.41) is 3.44. The quantitative estimate of drug-likeness (QED) is 0.609. The molecule has 1 unspecified atom stereocenters. The maximum atomic E-state index is 5.25. The first-order valence-electron chi connectivity index (χ1n) is 4.27. The molecule has 0 aromatic rings. The highest BCUT2D eigenvalue weighted by Gasteiger charge is 2.11. The third-order valence-corrected chi connectivity index (χ3v) is 1.69. The van der Waals surface area contributed by atoms with Crippen LogP contribution in [0.2, 0.25) is 0 Å². The first-order chi connectivity index (χ1) is 5.07. The van der Waals surface area contributed by atoms with Crippen molar-refractivity contribution in [3.63, 3.8) is 0 Å². The van der Waals surface area contributed by atoms with Gasteiger partial charge in [-0.05, 0) is 5.92 Å². The van der Waals surface area contributed by atoms with E-state index in [-0.39, 0.29) is 0 Å². The molecule has 0 spiro atoms. The Bertz CT molecular complexity index is 130. The monoisotopic (exact) mass is 153 g/mol. The van der Waals surface area contributed by atoms with Gasteiger partial charge in [0.25, 0.3) is 0 Å². The van der Waals surface area contributed by atoms with E-state index >= 15 is 0 Å². The summed E-state index contributed by atoms with van der Waals surface area (Å²) in [4.78, 5) is 0. The number of terminal acetylenes is 1. The Morgan fingerprint density at radius 2 is 1.82 bits per heavy atom. The van der Waals surface area contributed by atoms with E-state index in [4.69, 9.17) is 6.42 Å². The standard InChI is InChI=1S/C10H19N/c1-6-7-10(8(2)3)11-9(4)5/h1,8-11H,7H2,2-5H3. The SMILES string of the molecule is C#CCC(NC(C)C)C(C)C. The lowest BCUT2D eigenvalue weighted by atomic mass is 10.0. The van der Waals surface area contributed by atoms with Gasteiger partial charge in [0.1, 0.15) is 0 Å². The summed E-state index contributed by atoms with van der Waals surface area (Å²) in [6.45, 7) is 8.67. The lowest BCUT2D eigenvalue weighted by Crippen LogP contribution is -2.38. The zero-order chi connectivity index (χ0) is 8.85. The summed E-state index contributed by atoms with van der Waals surface area (Å²) >= 11 is 0. The summed E-state index contributed by atoms with van der Waals surface area (Å²) in [5.74, 6) is 3.31. The fourth-order valence-corrected chi connectivity index (χ4v) is 1.04. The fourth-order valence-electron chi connectivity index (χ4n) is 1.04. The average molecular weight is 153 g/mol. The van der Waals surface area contributed by atoms with E-state index in [2.05, 4.69) is 38.9 Å². The molecule has 0 radical (unpaired) electrons. The lowest BCUT2D eigenvalue weighted by Gasteiger charge is -2.22. The minimum Gasteiger partial charge on any atom is -0.311 e. The maximum Gasteiger partial charge on any atom is 0.0243 e. The molecule has 1 atom stereocenters. The molecule has 0 aliphatic heterocycles. The number of hydrogen-bond acceptors (Lipinski definition) is 1. The molecule has 11 heavy (non-hydrogen) atoms. The van der Waals surface area contributed by atoms with Gasteiger partial charge in [-0.2, -0.15) is 0 Å². The van der Waals surface area contributed by atoms with Gasteiger partial charge in [-0.15, -0.1) is 12.3 Å². The van der Waals surface area contributed by atoms with E-state index in [1.807, 2.05) is 0 Å². The van der Waals surface area contributed by atoms with Crippen molar-refractivity contribution in [2.45, 2.75) is 46.2 Å². The van der Waals surface area contributed by atoms with Crippen LogP contribution in [-0.4, -0.2) is 12.1 Å². The second-order valence-corrected chi connectivity index (χ2v) is 3.58. The van der Waals surface area contributed by atoms with Crippen molar-refractivity contribution in [3.05, 3.63) is 0 Å². The van der Waals surface area contributed by atoms with Crippen molar-refractivity contribution in [2.75, 3.05) is 0 Å². The Morgan fingerprint density at radius 1 is 1.27 bits per heavy atom. The largest absolute Gasteiger partial charge is 0.311 e. The predicted octanol–water partition coefficient (Wildman–Crippen LogP) is 2.03. The second-order valence-electron chi connectivity index (χ2n) is 3.58. The molecule has 0 aromatic heterocycles. The molecule has 1 N–H and O–H groups in total. The number of rotatable bonds is 4. The first kappa shape index (κ1) is 10.5. The van der Waals surface area contributed by atoms with Gasteiger partial charge in [-0.3, -0.25) is 0 Å². The highest BCUT2D eigenvalue weighted by molar-refractivity contribution is 4.91. The highest BCUT2D eigenvalue weighted by Crippen LogP contribution is 2.05. The van der Waals surface area contributed by atoms with Crippen LogP contribution >= 0.6 is 0 Å². The van der Waals surface area contributed by atoms with Gasteiger partial charge in [-0.25, -0.2) is 0 Å². The molecule has 0 heterocycles. The Hall–Kier alpha value is -0.480. The third kappa shape index (κ3) is 4.86. The van der Waals surface area contributed by atoms with Crippen LogP contribution in [-0.2, 0) is 0 Å². The van der Waals surface area contributed by atoms with E-state index < -0.39 is 0 Å². The minimum atomic E-state index is 0.472. The van der Waals surface area contributed by atoms with E-state index in [0.29, 0.717) is 18.0 Å². The molecule has 1 heteroatoms. The Balaban J connectivity index is 3.81. The first-order valence-corrected chi connectivity index (χ1v) is 4.27. The topological polar surface area (TPSA) is 12.0 Å². The molecule has 0 amide bonds. The van der Waals surface area contributed by atoms with Crippen molar-refractivity contribution in [3.8, 4) is 12.3 Å². The van der Waals surface area contributed by atoms with Crippen molar-refractivity contribution in [2.24, 2.45) is 5.92 Å². The molecule has 0 bridgehead atoms. The summed E-state index contributed by atoms with van der Waals surface area (Å²) in [6, 6.07) is 0.996. The molecule has 0 rings (SSSR count). The molecule has 0 aliphatic rings. The van der Waals surface area contributed by atoms with Crippen molar-refractivity contribution < 1.29 is 0 Å². The number of hydrogen-bond donors (Lipinski definition) is 1. The van der Waals surface area contributed by atoms with Gasteiger partial charge >= 0.3 is 0 Å². The maximum absolute atomic E-state index is 5.25. The van der Waals surface area contributed by atoms with Crippen LogP contribution in [0.3, 0.4) is 0 Å². The van der Waals surface area contributed by atoms with Crippen LogP contribution in [0.25, 0.3) is 0 Å². The Kier molecular flexibility index (Phi) is 4.98. The normalized spacial score (nSPS) is 13.5. The van der Waals surface area contributed by atoms with Crippen molar-refractivity contribution >= 4 is 0 Å². The van der Waals surface area contributed by atoms with Crippen molar-refractivity contribution in [1.29, 1.82) is 0 Å². The van der Waals surface area contributed by atoms with Gasteiger partial charge < -0.3 is 5.32 Å². The predicted molar refractivity (Wildman–Crippen MR) is 50.3 cm³/mol. The lowest BCUT2D eigenvalue weighted by molar-refractivity contribution is 0.376. The van der Waals surface area contributed by atoms with Crippen molar-refractivity contribution in [1.82, 2.24) is 5.32 Å². The van der Waals surface area contributed by atoms with Crippen LogP contribution in [0.1, 0.15) is 34.1 Å². The van der Waals surface area contributed by atoms with E-state index in [1.54, 1.807) is 0 Å². The van der Waals surface area contributed by atoms with E-state index in [1.165, 1.54) is 0 Å². The Morgan fingerprint density at radius 3 is 2.09 bits per heavy atom. The summed E-state index contributed by atoms with van der Waals surface area (Å²) in [6.07, 6.45) is 6.08. The summed E-state index contributed by atoms with van der Waals surface area (Å²) in [7, 11) is 0. The van der Waals surface area contributed by atoms with Gasteiger partial charge in [0, 0.05) is 18.5 Å². The Labute approximate surface area is 70.6 Å². The van der Waals surface area contributed by atoms with Crippen LogP contribution in [0.5, 0.6) is 0 Å². The second kappa shape index (κ2) is 5.21. The summed E-state index contributed by atoms with van der Waals surface area (Å²) < 4.78 is 0. The van der Waals surface area contributed by atoms with Gasteiger partial charge in [0.2, 0.25) is 0 Å². The molecule has 0 aromatic carbocycles. The smallest absolute Gasteiger partial charge is 0.0243 e. The van der Waals surface area contributed by atoms with Gasteiger partial charge in [0.15, 0.2) is 0 Å². The fraction of sp³-hybridized carbons (Fsp3) is 0.800. The minimum absolute atomic E-state index is 0.472. The van der Waals surface area contributed by atoms with Crippen LogP contribution in [0, 0.1) is 18.3 Å². The van der Waals surface area contributed by atoms with Crippen LogP contribution in [0.4, 0.5) is 0 Å². The van der Waals surface area contributed by atoms with E-state index in [0.717, 1.165) is 6.42 Å². The third-order valence-electron chi connectivity index (χ3n) is 1.69. The molecule has 0 saturated carbocycles. The molecule has 1 nitrogen and oxygen atoms in total. The highest BCUT2D eigenvalue weighted by atomic mass is 14.9.